The van der Waals surface area contributed by atoms with Gasteiger partial charge in [-0.25, -0.2) is 0 Å². The smallest absolute Gasteiger partial charge is 0.170 e. The molecule has 27 heavy (non-hydrogen) atoms. The lowest BCUT2D eigenvalue weighted by molar-refractivity contribution is 0.152. The van der Waals surface area contributed by atoms with E-state index in [-0.39, 0.29) is 5.92 Å². The van der Waals surface area contributed by atoms with Gasteiger partial charge in [0.15, 0.2) is 11.5 Å². The molecule has 1 unspecified atom stereocenters. The predicted octanol–water partition coefficient (Wildman–Crippen LogP) is 5.69. The molecule has 0 spiro atoms. The van der Waals surface area contributed by atoms with Gasteiger partial charge in [-0.05, 0) is 56.2 Å². The summed E-state index contributed by atoms with van der Waals surface area (Å²) in [5, 5.41) is 9.53. The summed E-state index contributed by atoms with van der Waals surface area (Å²) < 4.78 is 12.6. The van der Waals surface area contributed by atoms with Crippen LogP contribution in [0.25, 0.3) is 4.48 Å². The first-order valence-corrected chi connectivity index (χ1v) is 9.48. The maximum atomic E-state index is 9.53. The highest BCUT2D eigenvalue weighted by Crippen LogP contribution is 2.45. The van der Waals surface area contributed by atoms with E-state index in [1.165, 1.54) is 0 Å². The van der Waals surface area contributed by atoms with E-state index < -0.39 is 5.60 Å². The fraction of sp³-hybridized carbons (Fsp3) is 0.273. The minimum atomic E-state index is -0.418. The fourth-order valence-corrected chi connectivity index (χ4v) is 3.81. The molecule has 0 radical (unpaired) electrons. The third-order valence-electron chi connectivity index (χ3n) is 4.21. The van der Waals surface area contributed by atoms with E-state index >= 15 is 0 Å². The Hall–Kier alpha value is -2.58. The summed E-state index contributed by atoms with van der Waals surface area (Å²) in [6, 6.07) is 15.9. The Balaban J connectivity index is 1.88. The molecule has 138 valence electrons. The molecule has 0 fully saturated rings. The number of hydrogen-bond acceptors (Lipinski definition) is 4. The molecule has 0 aromatic heterocycles. The molecule has 1 aliphatic heterocycles. The molecule has 0 bridgehead atoms. The van der Waals surface area contributed by atoms with Crippen molar-refractivity contribution < 1.29 is 9.47 Å². The molecule has 1 heterocycles. The topological polar surface area (TPSA) is 54.6 Å². The molecule has 1 aliphatic rings. The number of para-hydroxylation sites is 1. The lowest BCUT2D eigenvalue weighted by Crippen LogP contribution is -2.28. The normalized spacial score (nSPS) is 16.0. The van der Waals surface area contributed by atoms with Crippen molar-refractivity contribution in [2.45, 2.75) is 25.9 Å². The second kappa shape index (κ2) is 7.98. The summed E-state index contributed by atoms with van der Waals surface area (Å²) >= 11 is 3.64. The molecule has 0 N–H and O–H groups in total. The number of ether oxygens (including phenoxy) is 2. The van der Waals surface area contributed by atoms with Crippen molar-refractivity contribution in [2.24, 2.45) is 10.9 Å². The quantitative estimate of drug-likeness (QED) is 0.579. The predicted molar refractivity (Wildman–Crippen MR) is 112 cm³/mol. The summed E-state index contributed by atoms with van der Waals surface area (Å²) in [6.07, 6.45) is 4.27. The maximum absolute atomic E-state index is 9.53. The van der Waals surface area contributed by atoms with Crippen molar-refractivity contribution in [3.63, 3.8) is 0 Å². The van der Waals surface area contributed by atoms with Crippen LogP contribution in [0.2, 0.25) is 0 Å². The van der Waals surface area contributed by atoms with Crippen molar-refractivity contribution in [1.82, 2.24) is 0 Å². The Morgan fingerprint density at radius 1 is 1.30 bits per heavy atom. The lowest BCUT2D eigenvalue weighted by Gasteiger charge is -2.31. The van der Waals surface area contributed by atoms with Crippen LogP contribution < -0.4 is 9.47 Å². The van der Waals surface area contributed by atoms with Crippen molar-refractivity contribution in [2.75, 3.05) is 7.11 Å². The van der Waals surface area contributed by atoms with E-state index in [1.807, 2.05) is 62.4 Å². The van der Waals surface area contributed by atoms with Gasteiger partial charge >= 0.3 is 0 Å². The van der Waals surface area contributed by atoms with Gasteiger partial charge in [0.2, 0.25) is 0 Å². The number of fused-ring (bicyclic) bond motifs is 1. The summed E-state index contributed by atoms with van der Waals surface area (Å²) in [5.74, 6) is 1.04. The van der Waals surface area contributed by atoms with Gasteiger partial charge in [0.05, 0.1) is 24.8 Å². The van der Waals surface area contributed by atoms with E-state index in [0.29, 0.717) is 17.9 Å². The Kier molecular flexibility index (Phi) is 5.67. The number of benzene rings is 2. The van der Waals surface area contributed by atoms with Crippen LogP contribution in [-0.2, 0) is 6.42 Å². The van der Waals surface area contributed by atoms with Gasteiger partial charge in [0.25, 0.3) is 0 Å². The van der Waals surface area contributed by atoms with E-state index in [0.717, 1.165) is 21.3 Å². The number of halogens is 1. The second-order valence-corrected chi connectivity index (χ2v) is 7.78. The average Bonchev–Trinajstić information content (AvgIpc) is 2.65. The molecule has 0 amide bonds. The van der Waals surface area contributed by atoms with Gasteiger partial charge in [-0.1, -0.05) is 34.1 Å². The molecular weight excluding hydrogens is 404 g/mol. The van der Waals surface area contributed by atoms with E-state index in [1.54, 1.807) is 13.3 Å². The SMILES string of the molecule is COc1cc(CC(C#N)C=Nc2ccccc2)cc2c1OC(C)(C)C=C2Br. The van der Waals surface area contributed by atoms with Gasteiger partial charge < -0.3 is 9.47 Å². The number of nitrogens with zero attached hydrogens (tertiary/aromatic N) is 2. The molecule has 2 aromatic rings. The van der Waals surface area contributed by atoms with Crippen molar-refractivity contribution in [3.8, 4) is 17.6 Å². The van der Waals surface area contributed by atoms with Crippen LogP contribution in [0.3, 0.4) is 0 Å². The zero-order valence-electron chi connectivity index (χ0n) is 15.6. The van der Waals surface area contributed by atoms with Crippen LogP contribution in [-0.4, -0.2) is 18.9 Å². The van der Waals surface area contributed by atoms with Crippen LogP contribution in [0.1, 0.15) is 25.0 Å². The van der Waals surface area contributed by atoms with Crippen LogP contribution in [0.5, 0.6) is 11.5 Å². The highest BCUT2D eigenvalue weighted by molar-refractivity contribution is 9.15. The van der Waals surface area contributed by atoms with Crippen LogP contribution >= 0.6 is 15.9 Å². The largest absolute Gasteiger partial charge is 0.493 e. The molecule has 3 rings (SSSR count). The standard InChI is InChI=1S/C22H21BrN2O2/c1-22(2)12-19(23)18-10-15(11-20(26-3)21(18)27-22)9-16(13-24)14-25-17-7-5-4-6-8-17/h4-8,10-12,14,16H,9H2,1-3H3. The Bertz CT molecular complexity index is 927. The number of aliphatic imine (C=N–C) groups is 1. The van der Waals surface area contributed by atoms with Crippen LogP contribution in [0.15, 0.2) is 53.5 Å². The number of hydrogen-bond donors (Lipinski definition) is 0. The fourth-order valence-electron chi connectivity index (χ4n) is 2.96. The highest BCUT2D eigenvalue weighted by atomic mass is 79.9. The zero-order chi connectivity index (χ0) is 19.4. The minimum Gasteiger partial charge on any atom is -0.493 e. The summed E-state index contributed by atoms with van der Waals surface area (Å²) in [4.78, 5) is 4.41. The molecule has 5 heteroatoms. The molecule has 0 aliphatic carbocycles. The van der Waals surface area contributed by atoms with Crippen molar-refractivity contribution >= 4 is 32.3 Å². The highest BCUT2D eigenvalue weighted by Gasteiger charge is 2.29. The van der Waals surface area contributed by atoms with Gasteiger partial charge in [-0.15, -0.1) is 0 Å². The third-order valence-corrected chi connectivity index (χ3v) is 4.87. The molecular formula is C22H21BrN2O2. The van der Waals surface area contributed by atoms with Crippen LogP contribution in [0.4, 0.5) is 5.69 Å². The first-order valence-electron chi connectivity index (χ1n) is 8.69. The molecule has 4 nitrogen and oxygen atoms in total. The van der Waals surface area contributed by atoms with Gasteiger partial charge in [-0.2, -0.15) is 5.26 Å². The number of rotatable bonds is 5. The second-order valence-electron chi connectivity index (χ2n) is 6.93. The van der Waals surface area contributed by atoms with Gasteiger partial charge in [0.1, 0.15) is 5.60 Å². The lowest BCUT2D eigenvalue weighted by atomic mass is 9.96. The molecule has 2 aromatic carbocycles. The van der Waals surface area contributed by atoms with E-state index in [2.05, 4.69) is 27.0 Å². The van der Waals surface area contributed by atoms with Crippen molar-refractivity contribution in [3.05, 3.63) is 59.7 Å². The van der Waals surface area contributed by atoms with Crippen LogP contribution in [0, 0.1) is 17.2 Å². The molecule has 0 saturated heterocycles. The first-order chi connectivity index (χ1) is 12.9. The van der Waals surface area contributed by atoms with Gasteiger partial charge in [0, 0.05) is 16.3 Å². The summed E-state index contributed by atoms with van der Waals surface area (Å²) in [5.41, 5.74) is 2.34. The number of methoxy groups -OCH3 is 1. The summed E-state index contributed by atoms with van der Waals surface area (Å²) in [6.45, 7) is 3.99. The molecule has 0 saturated carbocycles. The Morgan fingerprint density at radius 2 is 2.04 bits per heavy atom. The number of nitriles is 1. The third kappa shape index (κ3) is 4.58. The maximum Gasteiger partial charge on any atom is 0.170 e. The van der Waals surface area contributed by atoms with Gasteiger partial charge in [-0.3, -0.25) is 4.99 Å². The average molecular weight is 425 g/mol. The van der Waals surface area contributed by atoms with E-state index in [9.17, 15) is 5.26 Å². The summed E-state index contributed by atoms with van der Waals surface area (Å²) in [7, 11) is 1.63. The molecule has 1 atom stereocenters. The zero-order valence-corrected chi connectivity index (χ0v) is 17.2. The monoisotopic (exact) mass is 424 g/mol. The first kappa shape index (κ1) is 19.2. The Labute approximate surface area is 168 Å². The Morgan fingerprint density at radius 3 is 2.70 bits per heavy atom. The van der Waals surface area contributed by atoms with Crippen molar-refractivity contribution in [1.29, 1.82) is 5.26 Å². The van der Waals surface area contributed by atoms with E-state index in [4.69, 9.17) is 9.47 Å². The minimum absolute atomic E-state index is 0.336.